The molecule has 0 saturated carbocycles. The van der Waals surface area contributed by atoms with E-state index in [-0.39, 0.29) is 24.2 Å². The lowest BCUT2D eigenvalue weighted by Gasteiger charge is -2.28. The van der Waals surface area contributed by atoms with Crippen LogP contribution in [0.2, 0.25) is 0 Å². The average molecular weight is 343 g/mol. The first-order valence-electron chi connectivity index (χ1n) is 8.06. The Morgan fingerprint density at radius 3 is 2.84 bits per heavy atom. The maximum Gasteiger partial charge on any atom is 0.360 e. The van der Waals surface area contributed by atoms with Crippen LogP contribution in [0.5, 0.6) is 0 Å². The van der Waals surface area contributed by atoms with Gasteiger partial charge in [0.1, 0.15) is 6.54 Å². The fourth-order valence-corrected chi connectivity index (χ4v) is 3.09. The molecule has 1 aliphatic rings. The van der Waals surface area contributed by atoms with Gasteiger partial charge in [-0.25, -0.2) is 9.48 Å². The van der Waals surface area contributed by atoms with Gasteiger partial charge in [-0.3, -0.25) is 4.79 Å². The smallest absolute Gasteiger partial charge is 0.360 e. The molecule has 2 heterocycles. The van der Waals surface area contributed by atoms with Crippen molar-refractivity contribution in [3.05, 3.63) is 41.7 Å². The quantitative estimate of drug-likeness (QED) is 0.772. The lowest BCUT2D eigenvalue weighted by molar-refractivity contribution is -0.134. The number of fused-ring (bicyclic) bond motifs is 1. The fourth-order valence-electron chi connectivity index (χ4n) is 3.09. The number of para-hydroxylation sites is 1. The van der Waals surface area contributed by atoms with E-state index >= 15 is 0 Å². The third-order valence-electron chi connectivity index (χ3n) is 4.36. The van der Waals surface area contributed by atoms with Crippen molar-refractivity contribution in [1.82, 2.24) is 19.9 Å². The van der Waals surface area contributed by atoms with E-state index in [2.05, 4.69) is 26.0 Å². The molecule has 0 fully saturated rings. The molecule has 1 aromatic heterocycles. The number of likely N-dealkylation sites (N-methyl/N-ethyl adjacent to an activating group) is 1. The number of amides is 1. The van der Waals surface area contributed by atoms with Crippen molar-refractivity contribution in [2.75, 3.05) is 25.6 Å². The van der Waals surface area contributed by atoms with E-state index in [4.69, 9.17) is 0 Å². The van der Waals surface area contributed by atoms with Gasteiger partial charge >= 0.3 is 5.97 Å². The largest absolute Gasteiger partial charge is 0.464 e. The summed E-state index contributed by atoms with van der Waals surface area (Å²) < 4.78 is 5.96. The lowest BCUT2D eigenvalue weighted by atomic mass is 10.1. The number of carbonyl (C=O) groups is 2. The van der Waals surface area contributed by atoms with Gasteiger partial charge in [0, 0.05) is 31.9 Å². The third-order valence-corrected chi connectivity index (χ3v) is 4.36. The Morgan fingerprint density at radius 2 is 2.08 bits per heavy atom. The van der Waals surface area contributed by atoms with Crippen LogP contribution >= 0.6 is 0 Å². The van der Waals surface area contributed by atoms with Crippen LogP contribution < -0.4 is 4.90 Å². The van der Waals surface area contributed by atoms with Gasteiger partial charge in [-0.1, -0.05) is 23.4 Å². The van der Waals surface area contributed by atoms with Crippen LogP contribution in [0.1, 0.15) is 23.0 Å². The SMILES string of the molecule is COC(=O)c1cn(CC(=O)N2Cc3ccccc3N(C)C[C@H]2C)nn1. The Labute approximate surface area is 146 Å². The minimum absolute atomic E-state index is 0.0280. The Hall–Kier alpha value is -2.90. The summed E-state index contributed by atoms with van der Waals surface area (Å²) in [6, 6.07) is 8.13. The van der Waals surface area contributed by atoms with Crippen LogP contribution in [0.15, 0.2) is 30.5 Å². The molecule has 1 amide bonds. The zero-order valence-electron chi connectivity index (χ0n) is 14.5. The van der Waals surface area contributed by atoms with Crippen molar-refractivity contribution in [2.45, 2.75) is 26.1 Å². The molecule has 0 spiro atoms. The average Bonchev–Trinajstić information content (AvgIpc) is 3.02. The number of nitrogens with zero attached hydrogens (tertiary/aromatic N) is 5. The minimum atomic E-state index is -0.572. The monoisotopic (exact) mass is 343 g/mol. The number of esters is 1. The van der Waals surface area contributed by atoms with Gasteiger partial charge < -0.3 is 14.5 Å². The first-order chi connectivity index (χ1) is 12.0. The van der Waals surface area contributed by atoms with Gasteiger partial charge in [0.05, 0.1) is 13.3 Å². The van der Waals surface area contributed by atoms with Crippen molar-refractivity contribution in [3.8, 4) is 0 Å². The van der Waals surface area contributed by atoms with Gasteiger partial charge in [0.2, 0.25) is 5.91 Å². The van der Waals surface area contributed by atoms with Crippen LogP contribution in [0.4, 0.5) is 5.69 Å². The van der Waals surface area contributed by atoms with Crippen LogP contribution in [0.25, 0.3) is 0 Å². The highest BCUT2D eigenvalue weighted by Gasteiger charge is 2.27. The van der Waals surface area contributed by atoms with Gasteiger partial charge in [-0.05, 0) is 18.6 Å². The summed E-state index contributed by atoms with van der Waals surface area (Å²) in [5, 5.41) is 7.57. The number of benzene rings is 1. The van der Waals surface area contributed by atoms with Crippen molar-refractivity contribution in [1.29, 1.82) is 0 Å². The fraction of sp³-hybridized carbons (Fsp3) is 0.412. The second kappa shape index (κ2) is 6.92. The van der Waals surface area contributed by atoms with E-state index < -0.39 is 5.97 Å². The molecule has 0 aliphatic carbocycles. The Bertz CT molecular complexity index is 788. The molecule has 0 bridgehead atoms. The molecule has 2 aromatic rings. The minimum Gasteiger partial charge on any atom is -0.464 e. The number of rotatable bonds is 3. The third kappa shape index (κ3) is 3.47. The molecular formula is C17H21N5O3. The van der Waals surface area contributed by atoms with Crippen molar-refractivity contribution >= 4 is 17.6 Å². The molecule has 8 heteroatoms. The number of hydrogen-bond acceptors (Lipinski definition) is 6. The Morgan fingerprint density at radius 1 is 1.32 bits per heavy atom. The standard InChI is InChI=1S/C17H21N5O3/c1-12-8-20(2)15-7-5-4-6-13(15)9-22(12)16(23)11-21-10-14(18-19-21)17(24)25-3/h4-7,10,12H,8-9,11H2,1-3H3/t12-/m1/s1. The van der Waals surface area contributed by atoms with Crippen molar-refractivity contribution in [2.24, 2.45) is 0 Å². The Kier molecular flexibility index (Phi) is 4.69. The summed E-state index contributed by atoms with van der Waals surface area (Å²) in [4.78, 5) is 28.2. The molecule has 0 saturated heterocycles. The normalized spacial score (nSPS) is 17.0. The van der Waals surface area contributed by atoms with Gasteiger partial charge in [0.25, 0.3) is 0 Å². The van der Waals surface area contributed by atoms with Crippen LogP contribution in [0.3, 0.4) is 0 Å². The molecule has 1 aliphatic heterocycles. The van der Waals surface area contributed by atoms with Crippen LogP contribution in [0, 0.1) is 0 Å². The molecule has 3 rings (SSSR count). The summed E-state index contributed by atoms with van der Waals surface area (Å²) in [5.74, 6) is -0.642. The zero-order chi connectivity index (χ0) is 18.0. The first-order valence-corrected chi connectivity index (χ1v) is 8.06. The second-order valence-electron chi connectivity index (χ2n) is 6.17. The zero-order valence-corrected chi connectivity index (χ0v) is 14.5. The van der Waals surface area contributed by atoms with Gasteiger partial charge in [-0.15, -0.1) is 5.10 Å². The van der Waals surface area contributed by atoms with E-state index in [9.17, 15) is 9.59 Å². The number of anilines is 1. The lowest BCUT2D eigenvalue weighted by Crippen LogP contribution is -2.43. The maximum absolute atomic E-state index is 12.8. The second-order valence-corrected chi connectivity index (χ2v) is 6.17. The summed E-state index contributed by atoms with van der Waals surface area (Å²) in [7, 11) is 3.31. The number of hydrogen-bond donors (Lipinski definition) is 0. The predicted octanol–water partition coefficient (Wildman–Crippen LogP) is 0.932. The number of carbonyl (C=O) groups excluding carboxylic acids is 2. The van der Waals surface area contributed by atoms with Crippen LogP contribution in [-0.4, -0.2) is 58.5 Å². The van der Waals surface area contributed by atoms with E-state index in [1.165, 1.54) is 18.0 Å². The maximum atomic E-state index is 12.8. The summed E-state index contributed by atoms with van der Waals surface area (Å²) >= 11 is 0. The van der Waals surface area contributed by atoms with E-state index in [1.807, 2.05) is 37.1 Å². The van der Waals surface area contributed by atoms with Gasteiger partial charge in [-0.2, -0.15) is 0 Å². The molecular weight excluding hydrogens is 322 g/mol. The number of aromatic nitrogens is 3. The van der Waals surface area contributed by atoms with Crippen LogP contribution in [-0.2, 0) is 22.6 Å². The molecule has 1 atom stereocenters. The molecule has 132 valence electrons. The highest BCUT2D eigenvalue weighted by atomic mass is 16.5. The molecule has 0 radical (unpaired) electrons. The van der Waals surface area contributed by atoms with E-state index in [1.54, 1.807) is 0 Å². The number of ether oxygens (including phenoxy) is 1. The van der Waals surface area contributed by atoms with E-state index in [0.29, 0.717) is 6.54 Å². The number of methoxy groups -OCH3 is 1. The molecule has 0 unspecified atom stereocenters. The molecule has 8 nitrogen and oxygen atoms in total. The first kappa shape index (κ1) is 16.9. The van der Waals surface area contributed by atoms with Crippen molar-refractivity contribution < 1.29 is 14.3 Å². The summed E-state index contributed by atoms with van der Waals surface area (Å²) in [6.45, 7) is 3.34. The molecule has 1 aromatic carbocycles. The van der Waals surface area contributed by atoms with Crippen molar-refractivity contribution in [3.63, 3.8) is 0 Å². The summed E-state index contributed by atoms with van der Waals surface area (Å²) in [5.41, 5.74) is 2.33. The predicted molar refractivity (Wildman–Crippen MR) is 91.1 cm³/mol. The Balaban J connectivity index is 1.77. The van der Waals surface area contributed by atoms with Gasteiger partial charge in [0.15, 0.2) is 5.69 Å². The highest BCUT2D eigenvalue weighted by Crippen LogP contribution is 2.26. The molecule has 0 N–H and O–H groups in total. The topological polar surface area (TPSA) is 80.6 Å². The summed E-state index contributed by atoms with van der Waals surface area (Å²) in [6.07, 6.45) is 1.42. The molecule has 25 heavy (non-hydrogen) atoms. The highest BCUT2D eigenvalue weighted by molar-refractivity contribution is 5.86. The van der Waals surface area contributed by atoms with E-state index in [0.717, 1.165) is 17.8 Å².